The molecule has 0 unspecified atom stereocenters. The van der Waals surface area contributed by atoms with Crippen molar-refractivity contribution in [3.63, 3.8) is 0 Å². The lowest BCUT2D eigenvalue weighted by atomic mass is 9.85. The van der Waals surface area contributed by atoms with Crippen LogP contribution in [0.1, 0.15) is 97.9 Å². The van der Waals surface area contributed by atoms with Crippen LogP contribution in [0, 0.1) is 0 Å². The molecule has 4 aliphatic heterocycles. The SMILES string of the molecule is CC[C@@]1(OC(C)=O)C(=O)OCc2c1cc1n(c2=O)Cc2c-1nc1ccccc1c2CC[Si](C)(C)CCCN.CC[C@@]1(OC(C)=O)C(=O)OCc2c1cc1n(c2=O)Cc2c-1nc1ccccc1c2CC[Si](C)(C)CCCNC(=O)N(C)C.O=C([O-])C(F)(F)F. The Bertz CT molecular complexity index is 3900. The molecule has 88 heavy (non-hydrogen) atoms. The van der Waals surface area contributed by atoms with E-state index in [1.54, 1.807) is 42.0 Å². The molecule has 470 valence electrons. The van der Waals surface area contributed by atoms with Gasteiger partial charge in [-0.1, -0.05) is 101 Å². The molecule has 0 aliphatic carbocycles. The van der Waals surface area contributed by atoms with Crippen LogP contribution >= 0.6 is 0 Å². The minimum Gasteiger partial charge on any atom is -0.542 e. The molecule has 2 atom stereocenters. The highest BCUT2D eigenvalue weighted by Gasteiger charge is 2.52. The number of aromatic nitrogens is 4. The zero-order valence-electron chi connectivity index (χ0n) is 51.3. The molecule has 8 heterocycles. The minimum atomic E-state index is -5.19. The number of nitrogens with two attached hydrogens (primary N) is 1. The molecule has 4 aliphatic rings. The molecular formula is C63H75F3N7O13Si2-. The number of pyridine rings is 4. The molecule has 4 aromatic heterocycles. The lowest BCUT2D eigenvalue weighted by Gasteiger charge is -2.35. The quantitative estimate of drug-likeness (QED) is 0.0377. The van der Waals surface area contributed by atoms with Crippen LogP contribution in [0.5, 0.6) is 0 Å². The van der Waals surface area contributed by atoms with Crippen LogP contribution in [-0.4, -0.2) is 109 Å². The number of hydrogen-bond acceptors (Lipinski definition) is 16. The van der Waals surface area contributed by atoms with Crippen molar-refractivity contribution in [2.45, 2.75) is 160 Å². The van der Waals surface area contributed by atoms with E-state index >= 15 is 0 Å². The smallest absolute Gasteiger partial charge is 0.430 e. The van der Waals surface area contributed by atoms with Crippen molar-refractivity contribution in [1.82, 2.24) is 29.3 Å². The van der Waals surface area contributed by atoms with Gasteiger partial charge in [-0.3, -0.25) is 19.2 Å². The number of nitrogens with zero attached hydrogens (tertiary/aromatic N) is 5. The Morgan fingerprint density at radius 2 is 1.08 bits per heavy atom. The van der Waals surface area contributed by atoms with Gasteiger partial charge in [0.05, 0.1) is 58.0 Å². The van der Waals surface area contributed by atoms with Crippen molar-refractivity contribution < 1.29 is 66.0 Å². The van der Waals surface area contributed by atoms with E-state index in [0.29, 0.717) is 59.8 Å². The first kappa shape index (κ1) is 65.9. The molecule has 20 nitrogen and oxygen atoms in total. The van der Waals surface area contributed by atoms with Gasteiger partial charge >= 0.3 is 36.1 Å². The van der Waals surface area contributed by atoms with E-state index in [2.05, 4.69) is 43.6 Å². The summed E-state index contributed by atoms with van der Waals surface area (Å²) in [7, 11) is 0.394. The molecule has 0 radical (unpaired) electrons. The lowest BCUT2D eigenvalue weighted by molar-refractivity contribution is -0.344. The van der Waals surface area contributed by atoms with Gasteiger partial charge < -0.3 is 53.9 Å². The number of carboxylic acid groups (broad SMARTS) is 1. The van der Waals surface area contributed by atoms with Crippen LogP contribution in [-0.2, 0) is 93.3 Å². The number of carbonyl (C=O) groups is 6. The Hall–Kier alpha value is -8.04. The van der Waals surface area contributed by atoms with E-state index in [1.165, 1.54) is 31.0 Å². The van der Waals surface area contributed by atoms with Gasteiger partial charge in [0.25, 0.3) is 11.1 Å². The second-order valence-corrected chi connectivity index (χ2v) is 35.1. The summed E-state index contributed by atoms with van der Waals surface area (Å²) in [5.74, 6) is -5.55. The number of benzene rings is 2. The molecule has 10 rings (SSSR count). The number of halogens is 3. The number of nitrogens with one attached hydrogen (secondary N) is 1. The molecule has 6 aromatic rings. The highest BCUT2D eigenvalue weighted by atomic mass is 28.3. The van der Waals surface area contributed by atoms with Crippen LogP contribution in [0.15, 0.2) is 70.3 Å². The molecule has 3 N–H and O–H groups in total. The predicted octanol–water partition coefficient (Wildman–Crippen LogP) is 8.11. The first-order chi connectivity index (χ1) is 41.4. The van der Waals surface area contributed by atoms with Gasteiger partial charge in [0.15, 0.2) is 0 Å². The predicted molar refractivity (Wildman–Crippen MR) is 326 cm³/mol. The summed E-state index contributed by atoms with van der Waals surface area (Å²) in [5.41, 5.74) is 12.4. The molecule has 2 aromatic carbocycles. The summed E-state index contributed by atoms with van der Waals surface area (Å²) in [6.07, 6.45) is -1.15. The lowest BCUT2D eigenvalue weighted by Crippen LogP contribution is -2.47. The van der Waals surface area contributed by atoms with Crippen molar-refractivity contribution in [3.05, 3.63) is 126 Å². The number of alkyl halides is 3. The van der Waals surface area contributed by atoms with E-state index in [4.69, 9.17) is 44.6 Å². The van der Waals surface area contributed by atoms with Gasteiger partial charge in [0, 0.05) is 83.7 Å². The number of aliphatic carboxylic acids is 1. The number of carboxylic acids is 1. The van der Waals surface area contributed by atoms with Gasteiger partial charge in [0.1, 0.15) is 19.2 Å². The highest BCUT2D eigenvalue weighted by Crippen LogP contribution is 2.45. The van der Waals surface area contributed by atoms with Crippen molar-refractivity contribution in [2.24, 2.45) is 5.73 Å². The first-order valence-corrected chi connectivity index (χ1v) is 36.3. The standard InChI is InChI=1S/C32H40N4O6Si.C29H35N3O5Si.C2HF3O2/c1-7-32(42-20(2)37)25-17-27-28-23(18-36(27)29(38)24(25)19-41-30(32)39)21(22-11-8-9-12-26(22)34-28)13-16-43(5,6)15-10-14-33-31(40)35(3)4;1-5-29(37-18(2)33)23-15-25-26-21(16-32(25)27(34)22(23)17-36-28(29)35)19(11-14-38(3,4)13-8-12-30)20-9-6-7-10-24(20)31-26;3-2(4,5)1(6)7/h8-9,11-12,17H,7,10,13-16,18-19H2,1-6H3,(H,33,40);6-7,9-10,15H,5,8,11-14,16-17,30H2,1-4H3;(H,6,7)/p-1/t32-;29-;/m00./s1. The monoisotopic (exact) mass is 1250 g/mol. The van der Waals surface area contributed by atoms with Gasteiger partial charge in [-0.25, -0.2) is 24.4 Å². The van der Waals surface area contributed by atoms with E-state index in [1.807, 2.05) is 48.5 Å². The number of urea groups is 1. The number of carbonyl (C=O) groups excluding carboxylic acids is 6. The first-order valence-electron chi connectivity index (χ1n) is 29.5. The maximum absolute atomic E-state index is 13.9. The number of esters is 4. The number of hydrogen-bond donors (Lipinski definition) is 2. The number of rotatable bonds is 17. The Morgan fingerprint density at radius 1 is 0.682 bits per heavy atom. The van der Waals surface area contributed by atoms with Gasteiger partial charge in [-0.15, -0.1) is 0 Å². The minimum absolute atomic E-state index is 0.0743. The Balaban J connectivity index is 0.000000207. The van der Waals surface area contributed by atoms with Crippen LogP contribution in [0.25, 0.3) is 44.6 Å². The van der Waals surface area contributed by atoms with Gasteiger partial charge in [0.2, 0.25) is 11.2 Å². The average molecular weight is 1250 g/mol. The van der Waals surface area contributed by atoms with E-state index < -0.39 is 63.4 Å². The topological polar surface area (TPSA) is 273 Å². The third kappa shape index (κ3) is 13.2. The zero-order valence-corrected chi connectivity index (χ0v) is 53.3. The van der Waals surface area contributed by atoms with Crippen molar-refractivity contribution in [1.29, 1.82) is 0 Å². The van der Waals surface area contributed by atoms with Crippen molar-refractivity contribution in [3.8, 4) is 22.8 Å². The number of aryl methyl sites for hydroxylation is 2. The number of para-hydroxylation sites is 2. The second-order valence-electron chi connectivity index (χ2n) is 24.4. The van der Waals surface area contributed by atoms with Crippen molar-refractivity contribution >= 4 is 73.8 Å². The number of fused-ring (bicyclic) bond motifs is 10. The van der Waals surface area contributed by atoms with Crippen LogP contribution in [0.4, 0.5) is 18.0 Å². The normalized spacial score (nSPS) is 17.1. The van der Waals surface area contributed by atoms with E-state index in [-0.39, 0.29) is 43.2 Å². The second kappa shape index (κ2) is 26.0. The van der Waals surface area contributed by atoms with E-state index in [9.17, 15) is 46.7 Å². The molecule has 0 fully saturated rings. The summed E-state index contributed by atoms with van der Waals surface area (Å²) in [6.45, 7) is 17.4. The summed E-state index contributed by atoms with van der Waals surface area (Å²) < 4.78 is 56.9. The average Bonchev–Trinajstić information content (AvgIpc) is 1.52. The molecule has 0 saturated heterocycles. The maximum Gasteiger partial charge on any atom is 0.430 e. The summed E-state index contributed by atoms with van der Waals surface area (Å²) >= 11 is 0. The third-order valence-corrected chi connectivity index (χ3v) is 23.7. The zero-order chi connectivity index (χ0) is 64.4. The molecule has 0 saturated carbocycles. The fourth-order valence-corrected chi connectivity index (χ4v) is 16.9. The summed E-state index contributed by atoms with van der Waals surface area (Å²) in [5, 5.41) is 13.9. The molecule has 0 spiro atoms. The van der Waals surface area contributed by atoms with Crippen LogP contribution in [0.2, 0.25) is 50.4 Å². The third-order valence-electron chi connectivity index (χ3n) is 17.1. The molecule has 0 bridgehead atoms. The summed E-state index contributed by atoms with van der Waals surface area (Å²) in [6, 6.07) is 24.1. The van der Waals surface area contributed by atoms with Crippen molar-refractivity contribution in [2.75, 3.05) is 27.2 Å². The van der Waals surface area contributed by atoms with Crippen LogP contribution < -0.4 is 27.3 Å². The summed E-state index contributed by atoms with van der Waals surface area (Å²) in [4.78, 5) is 110. The largest absolute Gasteiger partial charge is 0.542 e. The van der Waals surface area contributed by atoms with E-state index in [0.717, 1.165) is 88.1 Å². The number of ether oxygens (including phenoxy) is 4. The number of amides is 2. The Labute approximate surface area is 508 Å². The van der Waals surface area contributed by atoms with Crippen LogP contribution in [0.3, 0.4) is 0 Å². The highest BCUT2D eigenvalue weighted by molar-refractivity contribution is 6.77. The number of cyclic esters (lactones) is 2. The fourth-order valence-electron chi connectivity index (χ4n) is 12.3. The Morgan fingerprint density at radius 3 is 1.44 bits per heavy atom. The molecule has 25 heteroatoms. The fraction of sp³-hybridized carbons (Fsp3) is 0.460. The van der Waals surface area contributed by atoms with Gasteiger partial charge in [-0.05, 0) is 80.5 Å². The Kier molecular flexibility index (Phi) is 19.5. The van der Waals surface area contributed by atoms with Gasteiger partial charge in [-0.2, -0.15) is 13.2 Å². The maximum atomic E-state index is 13.9. The molecule has 2 amide bonds. The molecular weight excluding hydrogens is 1180 g/mol.